The van der Waals surface area contributed by atoms with Crippen LogP contribution in [0.25, 0.3) is 6.08 Å². The molecular weight excluding hydrogens is 360 g/mol. The molecule has 0 spiro atoms. The van der Waals surface area contributed by atoms with Gasteiger partial charge in [0.05, 0.1) is 23.2 Å². The highest BCUT2D eigenvalue weighted by Crippen LogP contribution is 2.27. The molecule has 0 saturated carbocycles. The molecule has 1 aromatic carbocycles. The van der Waals surface area contributed by atoms with Crippen LogP contribution in [0.4, 0.5) is 0 Å². The largest absolute Gasteiger partial charge is 0.289 e. The molecule has 1 saturated heterocycles. The zero-order valence-corrected chi connectivity index (χ0v) is 17.4. The van der Waals surface area contributed by atoms with Crippen LogP contribution < -0.4 is 0 Å². The molecule has 1 aromatic heterocycles. The highest BCUT2D eigenvalue weighted by molar-refractivity contribution is 7.91. The highest BCUT2D eigenvalue weighted by Gasteiger charge is 2.31. The van der Waals surface area contributed by atoms with Crippen LogP contribution in [0.15, 0.2) is 18.2 Å². The molecule has 2 aromatic rings. The summed E-state index contributed by atoms with van der Waals surface area (Å²) in [7, 11) is -2.97. The molecule has 0 bridgehead atoms. The van der Waals surface area contributed by atoms with Gasteiger partial charge in [-0.2, -0.15) is 5.10 Å². The van der Waals surface area contributed by atoms with Crippen molar-refractivity contribution in [3.8, 4) is 0 Å². The Kier molecular flexibility index (Phi) is 5.12. The molecule has 1 atom stereocenters. The number of allylic oxidation sites excluding steroid dienone is 1. The maximum absolute atomic E-state index is 12.7. The fourth-order valence-corrected chi connectivity index (χ4v) is 5.41. The van der Waals surface area contributed by atoms with E-state index in [2.05, 4.69) is 5.10 Å². The molecule has 2 heterocycles. The monoisotopic (exact) mass is 386 g/mol. The number of aryl methyl sites for hydroxylation is 4. The van der Waals surface area contributed by atoms with Gasteiger partial charge in [-0.15, -0.1) is 0 Å². The SMILES string of the molecule is Cc1cc(C)c(C(=O)/C=C/c2c(C)nn([C@@H]3CCS(=O)(=O)C3)c2C)cc1C. The Morgan fingerprint density at radius 3 is 2.41 bits per heavy atom. The van der Waals surface area contributed by atoms with Gasteiger partial charge in [-0.1, -0.05) is 6.07 Å². The molecule has 27 heavy (non-hydrogen) atoms. The van der Waals surface area contributed by atoms with Gasteiger partial charge in [0.25, 0.3) is 0 Å². The van der Waals surface area contributed by atoms with Crippen molar-refractivity contribution in [1.29, 1.82) is 0 Å². The lowest BCUT2D eigenvalue weighted by Crippen LogP contribution is -2.13. The summed E-state index contributed by atoms with van der Waals surface area (Å²) in [6.07, 6.45) is 3.98. The van der Waals surface area contributed by atoms with Crippen molar-refractivity contribution < 1.29 is 13.2 Å². The number of hydrogen-bond acceptors (Lipinski definition) is 4. The van der Waals surface area contributed by atoms with Crippen molar-refractivity contribution in [3.05, 3.63) is 57.4 Å². The van der Waals surface area contributed by atoms with Gasteiger partial charge in [0, 0.05) is 16.8 Å². The highest BCUT2D eigenvalue weighted by atomic mass is 32.2. The Morgan fingerprint density at radius 2 is 1.78 bits per heavy atom. The van der Waals surface area contributed by atoms with Crippen LogP contribution in [-0.4, -0.2) is 35.5 Å². The molecule has 0 unspecified atom stereocenters. The molecule has 1 aliphatic rings. The summed E-state index contributed by atoms with van der Waals surface area (Å²) in [6.45, 7) is 9.80. The first-order valence-electron chi connectivity index (χ1n) is 9.15. The predicted octanol–water partition coefficient (Wildman–Crippen LogP) is 3.68. The number of rotatable bonds is 4. The predicted molar refractivity (Wildman–Crippen MR) is 108 cm³/mol. The number of carbonyl (C=O) groups excluding carboxylic acids is 1. The topological polar surface area (TPSA) is 69.0 Å². The minimum absolute atomic E-state index is 0.0365. The molecule has 144 valence electrons. The standard InChI is InChI=1S/C21H26N2O3S/c1-13-10-15(3)20(11-14(13)2)21(24)7-6-19-16(4)22-23(17(19)5)18-8-9-27(25,26)12-18/h6-7,10-11,18H,8-9,12H2,1-5H3/b7-6+/t18-/m1/s1. The summed E-state index contributed by atoms with van der Waals surface area (Å²) in [5, 5.41) is 4.54. The number of ketones is 1. The first-order valence-corrected chi connectivity index (χ1v) is 11.0. The van der Waals surface area contributed by atoms with Gasteiger partial charge in [-0.3, -0.25) is 9.48 Å². The Balaban J connectivity index is 1.88. The van der Waals surface area contributed by atoms with Gasteiger partial charge < -0.3 is 0 Å². The van der Waals surface area contributed by atoms with E-state index in [0.717, 1.165) is 28.1 Å². The maximum Gasteiger partial charge on any atom is 0.186 e. The van der Waals surface area contributed by atoms with E-state index in [1.165, 1.54) is 5.56 Å². The van der Waals surface area contributed by atoms with Crippen LogP contribution in [0.5, 0.6) is 0 Å². The van der Waals surface area contributed by atoms with Crippen molar-refractivity contribution in [2.75, 3.05) is 11.5 Å². The summed E-state index contributed by atoms with van der Waals surface area (Å²) in [6, 6.07) is 3.85. The number of hydrogen-bond donors (Lipinski definition) is 0. The van der Waals surface area contributed by atoms with Crippen LogP contribution in [0.1, 0.15) is 56.5 Å². The van der Waals surface area contributed by atoms with Crippen molar-refractivity contribution in [2.24, 2.45) is 0 Å². The van der Waals surface area contributed by atoms with E-state index in [1.807, 2.05) is 51.4 Å². The summed E-state index contributed by atoms with van der Waals surface area (Å²) in [5.41, 5.74) is 6.53. The summed E-state index contributed by atoms with van der Waals surface area (Å²) in [4.78, 5) is 12.7. The van der Waals surface area contributed by atoms with Gasteiger partial charge in [0.15, 0.2) is 15.6 Å². The molecule has 1 fully saturated rings. The van der Waals surface area contributed by atoms with E-state index < -0.39 is 9.84 Å². The van der Waals surface area contributed by atoms with Crippen molar-refractivity contribution in [1.82, 2.24) is 9.78 Å². The molecule has 0 N–H and O–H groups in total. The second-order valence-corrected chi connectivity index (χ2v) is 9.76. The fourth-order valence-electron chi connectivity index (χ4n) is 3.72. The van der Waals surface area contributed by atoms with Gasteiger partial charge in [-0.25, -0.2) is 8.42 Å². The minimum Gasteiger partial charge on any atom is -0.289 e. The molecule has 5 nitrogen and oxygen atoms in total. The van der Waals surface area contributed by atoms with E-state index >= 15 is 0 Å². The second kappa shape index (κ2) is 7.08. The van der Waals surface area contributed by atoms with E-state index in [0.29, 0.717) is 12.0 Å². The Morgan fingerprint density at radius 1 is 1.11 bits per heavy atom. The lowest BCUT2D eigenvalue weighted by molar-refractivity contribution is 0.104. The molecule has 1 aliphatic heterocycles. The molecule has 0 radical (unpaired) electrons. The van der Waals surface area contributed by atoms with Crippen LogP contribution in [-0.2, 0) is 9.84 Å². The number of aromatic nitrogens is 2. The van der Waals surface area contributed by atoms with Crippen LogP contribution >= 0.6 is 0 Å². The first-order chi connectivity index (χ1) is 12.6. The summed E-state index contributed by atoms with van der Waals surface area (Å²) >= 11 is 0. The minimum atomic E-state index is -2.97. The van der Waals surface area contributed by atoms with Gasteiger partial charge in [0.2, 0.25) is 0 Å². The van der Waals surface area contributed by atoms with Gasteiger partial charge in [-0.05, 0) is 75.9 Å². The summed E-state index contributed by atoms with van der Waals surface area (Å²) < 4.78 is 25.4. The Bertz CT molecular complexity index is 1050. The lowest BCUT2D eigenvalue weighted by atomic mass is 9.97. The molecule has 6 heteroatoms. The Labute approximate surface area is 161 Å². The molecule has 0 amide bonds. The third-order valence-electron chi connectivity index (χ3n) is 5.44. The summed E-state index contributed by atoms with van der Waals surface area (Å²) in [5.74, 6) is 0.315. The average molecular weight is 387 g/mol. The van der Waals surface area contributed by atoms with Crippen LogP contribution in [0.2, 0.25) is 0 Å². The van der Waals surface area contributed by atoms with Crippen molar-refractivity contribution >= 4 is 21.7 Å². The van der Waals surface area contributed by atoms with E-state index in [1.54, 1.807) is 12.2 Å². The average Bonchev–Trinajstić information content (AvgIpc) is 3.08. The fraction of sp³-hybridized carbons (Fsp3) is 0.429. The molecule has 0 aliphatic carbocycles. The van der Waals surface area contributed by atoms with Crippen LogP contribution in [0.3, 0.4) is 0 Å². The van der Waals surface area contributed by atoms with Crippen molar-refractivity contribution in [2.45, 2.75) is 47.1 Å². The van der Waals surface area contributed by atoms with E-state index in [-0.39, 0.29) is 23.3 Å². The van der Waals surface area contributed by atoms with E-state index in [9.17, 15) is 13.2 Å². The van der Waals surface area contributed by atoms with E-state index in [4.69, 9.17) is 0 Å². The van der Waals surface area contributed by atoms with Crippen LogP contribution in [0, 0.1) is 34.6 Å². The second-order valence-electron chi connectivity index (χ2n) is 7.53. The molecular formula is C21H26N2O3S. The number of carbonyl (C=O) groups is 1. The zero-order valence-electron chi connectivity index (χ0n) is 16.5. The normalized spacial score (nSPS) is 19.1. The quantitative estimate of drug-likeness (QED) is 0.594. The van der Waals surface area contributed by atoms with Gasteiger partial charge >= 0.3 is 0 Å². The van der Waals surface area contributed by atoms with Crippen molar-refractivity contribution in [3.63, 3.8) is 0 Å². The first kappa shape index (κ1) is 19.5. The number of nitrogens with zero attached hydrogens (tertiary/aromatic N) is 2. The maximum atomic E-state index is 12.7. The Hall–Kier alpha value is -2.21. The molecule has 3 rings (SSSR count). The smallest absolute Gasteiger partial charge is 0.186 e. The number of benzene rings is 1. The third kappa shape index (κ3) is 3.90. The zero-order chi connectivity index (χ0) is 19.9. The third-order valence-corrected chi connectivity index (χ3v) is 7.19. The lowest BCUT2D eigenvalue weighted by Gasteiger charge is -2.11. The number of sulfone groups is 1. The van der Waals surface area contributed by atoms with Gasteiger partial charge in [0.1, 0.15) is 0 Å².